The molecule has 0 heterocycles. The van der Waals surface area contributed by atoms with Crippen LogP contribution in [-0.4, -0.2) is 18.2 Å². The van der Waals surface area contributed by atoms with Crippen LogP contribution < -0.4 is 11.1 Å². The topological polar surface area (TPSA) is 55.1 Å². The average molecular weight is 385 g/mol. The third-order valence-corrected chi connectivity index (χ3v) is 4.73. The van der Waals surface area contributed by atoms with E-state index < -0.39 is 0 Å². The van der Waals surface area contributed by atoms with Crippen molar-refractivity contribution in [2.45, 2.75) is 23.8 Å². The van der Waals surface area contributed by atoms with E-state index in [1.54, 1.807) is 11.8 Å². The van der Waals surface area contributed by atoms with Gasteiger partial charge >= 0.3 is 0 Å². The van der Waals surface area contributed by atoms with Crippen LogP contribution in [0.25, 0.3) is 0 Å². The number of benzene rings is 2. The maximum Gasteiger partial charge on any atom is 0.220 e. The fourth-order valence-corrected chi connectivity index (χ4v) is 3.06. The lowest BCUT2D eigenvalue weighted by atomic mass is 10.1. The van der Waals surface area contributed by atoms with Crippen molar-refractivity contribution >= 4 is 41.7 Å². The zero-order valence-corrected chi connectivity index (χ0v) is 15.7. The fourth-order valence-electron chi connectivity index (χ4n) is 2.08. The third kappa shape index (κ3) is 7.58. The Morgan fingerprint density at radius 3 is 2.46 bits per heavy atom. The number of hydrogen-bond donors (Lipinski definition) is 2. The van der Waals surface area contributed by atoms with Gasteiger partial charge in [0.2, 0.25) is 5.91 Å². The van der Waals surface area contributed by atoms with E-state index in [1.807, 2.05) is 54.6 Å². The van der Waals surface area contributed by atoms with Crippen molar-refractivity contribution < 1.29 is 4.79 Å². The number of nitrogens with two attached hydrogens (primary N) is 1. The summed E-state index contributed by atoms with van der Waals surface area (Å²) in [7, 11) is 0. The summed E-state index contributed by atoms with van der Waals surface area (Å²) >= 11 is 7.58. The van der Waals surface area contributed by atoms with Gasteiger partial charge in [-0.1, -0.05) is 41.9 Å². The Morgan fingerprint density at radius 2 is 1.79 bits per heavy atom. The number of nitrogens with one attached hydrogen (secondary N) is 1. The fraction of sp³-hybridized carbons (Fsp3) is 0.278. The minimum atomic E-state index is -0.163. The van der Waals surface area contributed by atoms with Gasteiger partial charge in [-0.2, -0.15) is 0 Å². The van der Waals surface area contributed by atoms with E-state index in [2.05, 4.69) is 5.32 Å². The van der Waals surface area contributed by atoms with Crippen LogP contribution in [0.3, 0.4) is 0 Å². The van der Waals surface area contributed by atoms with Crippen molar-refractivity contribution in [3.63, 3.8) is 0 Å². The summed E-state index contributed by atoms with van der Waals surface area (Å²) in [6.07, 6.45) is 1.35. The number of hydrogen-bond acceptors (Lipinski definition) is 3. The average Bonchev–Trinajstić information content (AvgIpc) is 2.59. The largest absolute Gasteiger partial charge is 0.354 e. The molecule has 0 aromatic heterocycles. The molecule has 2 rings (SSSR count). The van der Waals surface area contributed by atoms with Gasteiger partial charge in [0.15, 0.2) is 0 Å². The van der Waals surface area contributed by atoms with Gasteiger partial charge in [-0.15, -0.1) is 24.2 Å². The molecule has 2 aromatic carbocycles. The molecular weight excluding hydrogens is 363 g/mol. The molecule has 0 aliphatic heterocycles. The van der Waals surface area contributed by atoms with E-state index >= 15 is 0 Å². The highest BCUT2D eigenvalue weighted by Crippen LogP contribution is 2.21. The monoisotopic (exact) mass is 384 g/mol. The summed E-state index contributed by atoms with van der Waals surface area (Å²) in [6.45, 7) is 0.465. The molecule has 1 unspecified atom stereocenters. The third-order valence-electron chi connectivity index (χ3n) is 3.38. The standard InChI is InChI=1S/C18H21ClN2OS.ClH/c19-15-8-10-16(11-9-15)23-12-4-7-18(22)21-13-17(20)14-5-2-1-3-6-14;/h1-3,5-6,8-11,17H,4,7,12-13,20H2,(H,21,22);1H. The first-order valence-electron chi connectivity index (χ1n) is 7.61. The van der Waals surface area contributed by atoms with Crippen molar-refractivity contribution in [1.82, 2.24) is 5.32 Å². The normalized spacial score (nSPS) is 11.4. The number of amides is 1. The summed E-state index contributed by atoms with van der Waals surface area (Å²) in [5.41, 5.74) is 7.09. The zero-order valence-electron chi connectivity index (χ0n) is 13.3. The quantitative estimate of drug-likeness (QED) is 0.521. The molecule has 0 bridgehead atoms. The molecule has 24 heavy (non-hydrogen) atoms. The van der Waals surface area contributed by atoms with Gasteiger partial charge < -0.3 is 11.1 Å². The van der Waals surface area contributed by atoms with E-state index in [4.69, 9.17) is 17.3 Å². The van der Waals surface area contributed by atoms with Crippen molar-refractivity contribution in [1.29, 1.82) is 0 Å². The van der Waals surface area contributed by atoms with Gasteiger partial charge in [-0.3, -0.25) is 4.79 Å². The van der Waals surface area contributed by atoms with Gasteiger partial charge in [0.05, 0.1) is 0 Å². The Hall–Kier alpha value is -1.20. The summed E-state index contributed by atoms with van der Waals surface area (Å²) in [5.74, 6) is 0.952. The lowest BCUT2D eigenvalue weighted by molar-refractivity contribution is -0.121. The Morgan fingerprint density at radius 1 is 1.12 bits per heavy atom. The maximum atomic E-state index is 11.8. The highest BCUT2D eigenvalue weighted by Gasteiger charge is 2.07. The van der Waals surface area contributed by atoms with Crippen LogP contribution >= 0.6 is 35.8 Å². The zero-order chi connectivity index (χ0) is 16.5. The number of halogens is 2. The number of carbonyl (C=O) groups is 1. The van der Waals surface area contributed by atoms with Crippen LogP contribution in [0.5, 0.6) is 0 Å². The van der Waals surface area contributed by atoms with Crippen molar-refractivity contribution in [3.05, 3.63) is 65.2 Å². The molecule has 0 radical (unpaired) electrons. The number of rotatable bonds is 8. The Balaban J connectivity index is 0.00000288. The molecule has 0 saturated heterocycles. The van der Waals surface area contributed by atoms with Crippen LogP contribution in [0.15, 0.2) is 59.5 Å². The van der Waals surface area contributed by atoms with Crippen LogP contribution in [0.4, 0.5) is 0 Å². The first kappa shape index (κ1) is 20.8. The van der Waals surface area contributed by atoms with E-state index in [1.165, 1.54) is 4.90 Å². The molecule has 0 aliphatic rings. The van der Waals surface area contributed by atoms with E-state index in [-0.39, 0.29) is 24.4 Å². The SMILES string of the molecule is Cl.NC(CNC(=O)CCCSc1ccc(Cl)cc1)c1ccccc1. The van der Waals surface area contributed by atoms with Crippen molar-refractivity contribution in [2.75, 3.05) is 12.3 Å². The molecule has 130 valence electrons. The molecule has 3 N–H and O–H groups in total. The van der Waals surface area contributed by atoms with Crippen molar-refractivity contribution in [2.24, 2.45) is 5.73 Å². The predicted octanol–water partition coefficient (Wildman–Crippen LogP) is 4.45. The molecule has 3 nitrogen and oxygen atoms in total. The Bertz CT molecular complexity index is 608. The summed E-state index contributed by atoms with van der Waals surface area (Å²) in [6, 6.07) is 17.4. The van der Waals surface area contributed by atoms with Gasteiger partial charge in [-0.25, -0.2) is 0 Å². The number of carbonyl (C=O) groups excluding carboxylic acids is 1. The molecule has 0 aliphatic carbocycles. The second kappa shape index (κ2) is 11.4. The van der Waals surface area contributed by atoms with Crippen LogP contribution in [0, 0.1) is 0 Å². The van der Waals surface area contributed by atoms with Crippen LogP contribution in [0.2, 0.25) is 5.02 Å². The highest BCUT2D eigenvalue weighted by atomic mass is 35.5. The first-order chi connectivity index (χ1) is 11.1. The molecule has 1 amide bonds. The van der Waals surface area contributed by atoms with E-state index in [9.17, 15) is 4.79 Å². The van der Waals surface area contributed by atoms with Crippen LogP contribution in [-0.2, 0) is 4.79 Å². The van der Waals surface area contributed by atoms with Crippen molar-refractivity contribution in [3.8, 4) is 0 Å². The smallest absolute Gasteiger partial charge is 0.220 e. The Kier molecular flexibility index (Phi) is 9.88. The minimum Gasteiger partial charge on any atom is -0.354 e. The second-order valence-corrected chi connectivity index (χ2v) is 6.83. The molecule has 1 atom stereocenters. The summed E-state index contributed by atoms with van der Waals surface area (Å²) < 4.78 is 0. The van der Waals surface area contributed by atoms with Gasteiger partial charge in [0.1, 0.15) is 0 Å². The minimum absolute atomic E-state index is 0. The lowest BCUT2D eigenvalue weighted by Gasteiger charge is -2.13. The highest BCUT2D eigenvalue weighted by molar-refractivity contribution is 7.99. The molecule has 0 saturated carbocycles. The molecule has 0 spiro atoms. The molecule has 6 heteroatoms. The maximum absolute atomic E-state index is 11.8. The van der Waals surface area contributed by atoms with Gasteiger partial charge in [0.25, 0.3) is 0 Å². The lowest BCUT2D eigenvalue weighted by Crippen LogP contribution is -2.31. The second-order valence-electron chi connectivity index (χ2n) is 5.23. The predicted molar refractivity (Wildman–Crippen MR) is 105 cm³/mol. The number of thioether (sulfide) groups is 1. The van der Waals surface area contributed by atoms with Gasteiger partial charge in [0, 0.05) is 28.9 Å². The summed E-state index contributed by atoms with van der Waals surface area (Å²) in [4.78, 5) is 13.0. The summed E-state index contributed by atoms with van der Waals surface area (Å²) in [5, 5.41) is 3.64. The van der Waals surface area contributed by atoms with E-state index in [0.717, 1.165) is 22.8 Å². The van der Waals surface area contributed by atoms with Crippen LogP contribution in [0.1, 0.15) is 24.4 Å². The molecule has 2 aromatic rings. The Labute approximate surface area is 158 Å². The molecular formula is C18H22Cl2N2OS. The first-order valence-corrected chi connectivity index (χ1v) is 8.97. The van der Waals surface area contributed by atoms with E-state index in [0.29, 0.717) is 13.0 Å². The molecule has 0 fully saturated rings. The van der Waals surface area contributed by atoms with Gasteiger partial charge in [-0.05, 0) is 42.0 Å².